The van der Waals surface area contributed by atoms with Crippen LogP contribution >= 0.6 is 0 Å². The third-order valence-corrected chi connectivity index (χ3v) is 8.63. The molecule has 4 aromatic rings. The average molecular weight is 556 g/mol. The summed E-state index contributed by atoms with van der Waals surface area (Å²) < 4.78 is 34.2. The van der Waals surface area contributed by atoms with Gasteiger partial charge < -0.3 is 10.1 Å². The number of hydrogen-bond donors (Lipinski definition) is 1. The molecular weight excluding hydrogens is 522 g/mol. The van der Waals surface area contributed by atoms with E-state index in [1.54, 1.807) is 42.5 Å². The number of nitrogens with one attached hydrogen (secondary N) is 1. The molecule has 1 N–H and O–H groups in total. The maximum absolute atomic E-state index is 13.6. The van der Waals surface area contributed by atoms with Crippen LogP contribution in [0.3, 0.4) is 0 Å². The first kappa shape index (κ1) is 27.4. The molecule has 0 spiro atoms. The number of likely N-dealkylation sites (tertiary alicyclic amines) is 1. The number of carbonyl (C=O) groups excluding carboxylic acids is 1. The number of nitrogens with zero attached hydrogens (tertiary/aromatic N) is 2. The lowest BCUT2D eigenvalue weighted by molar-refractivity contribution is -0.119. The minimum absolute atomic E-state index is 0.112. The second-order valence-corrected chi connectivity index (χ2v) is 11.7. The van der Waals surface area contributed by atoms with Crippen LogP contribution in [0.4, 0.5) is 5.69 Å². The monoisotopic (exact) mass is 555 g/mol. The lowest BCUT2D eigenvalue weighted by Crippen LogP contribution is -2.40. The van der Waals surface area contributed by atoms with E-state index in [9.17, 15) is 13.2 Å². The first-order valence-corrected chi connectivity index (χ1v) is 14.9. The normalized spacial score (nSPS) is 13.6. The largest absolute Gasteiger partial charge is 0.457 e. The van der Waals surface area contributed by atoms with Gasteiger partial charge in [0.15, 0.2) is 0 Å². The molecule has 206 valence electrons. The zero-order valence-electron chi connectivity index (χ0n) is 22.3. The van der Waals surface area contributed by atoms with Gasteiger partial charge in [0.1, 0.15) is 18.0 Å². The number of benzene rings is 4. The van der Waals surface area contributed by atoms with Gasteiger partial charge in [0.05, 0.1) is 10.6 Å². The van der Waals surface area contributed by atoms with Crippen molar-refractivity contribution in [3.05, 3.63) is 120 Å². The van der Waals surface area contributed by atoms with E-state index < -0.39 is 15.9 Å². The van der Waals surface area contributed by atoms with Crippen molar-refractivity contribution in [2.75, 3.05) is 23.9 Å². The highest BCUT2D eigenvalue weighted by Crippen LogP contribution is 2.28. The number of amides is 1. The Balaban J connectivity index is 1.27. The van der Waals surface area contributed by atoms with Gasteiger partial charge in [-0.2, -0.15) is 0 Å². The van der Waals surface area contributed by atoms with E-state index in [1.165, 1.54) is 30.5 Å². The summed E-state index contributed by atoms with van der Waals surface area (Å²) in [4.78, 5) is 15.6. The third-order valence-electron chi connectivity index (χ3n) is 6.84. The van der Waals surface area contributed by atoms with Crippen LogP contribution in [0.15, 0.2) is 114 Å². The Morgan fingerprint density at radius 2 is 1.32 bits per heavy atom. The highest BCUT2D eigenvalue weighted by Gasteiger charge is 2.27. The lowest BCUT2D eigenvalue weighted by Gasteiger charge is -2.24. The van der Waals surface area contributed by atoms with Crippen LogP contribution in [0, 0.1) is 0 Å². The van der Waals surface area contributed by atoms with E-state index in [-0.39, 0.29) is 11.4 Å². The molecule has 0 aliphatic carbocycles. The maximum Gasteiger partial charge on any atom is 0.264 e. The molecule has 1 amide bonds. The molecule has 1 aliphatic heterocycles. The molecule has 7 nitrogen and oxygen atoms in total. The number of hydrogen-bond acceptors (Lipinski definition) is 5. The molecule has 1 fully saturated rings. The molecule has 0 aromatic heterocycles. The highest BCUT2D eigenvalue weighted by molar-refractivity contribution is 7.92. The smallest absolute Gasteiger partial charge is 0.264 e. The summed E-state index contributed by atoms with van der Waals surface area (Å²) >= 11 is 0. The quantitative estimate of drug-likeness (QED) is 0.261. The Morgan fingerprint density at radius 3 is 1.98 bits per heavy atom. The van der Waals surface area contributed by atoms with Crippen molar-refractivity contribution >= 4 is 21.6 Å². The fourth-order valence-electron chi connectivity index (χ4n) is 4.69. The van der Waals surface area contributed by atoms with Gasteiger partial charge in [-0.3, -0.25) is 14.0 Å². The Morgan fingerprint density at radius 1 is 0.750 bits per heavy atom. The van der Waals surface area contributed by atoms with Crippen LogP contribution < -0.4 is 14.4 Å². The average Bonchev–Trinajstić information content (AvgIpc) is 3.50. The molecule has 1 saturated heterocycles. The van der Waals surface area contributed by atoms with E-state index in [0.717, 1.165) is 29.5 Å². The molecule has 0 radical (unpaired) electrons. The fraction of sp³-hybridized carbons (Fsp3) is 0.219. The molecule has 4 aromatic carbocycles. The Kier molecular flexibility index (Phi) is 8.78. The summed E-state index contributed by atoms with van der Waals surface area (Å²) in [5.74, 6) is 0.836. The Hall–Kier alpha value is -4.14. The van der Waals surface area contributed by atoms with Gasteiger partial charge in [-0.15, -0.1) is 0 Å². The summed E-state index contributed by atoms with van der Waals surface area (Å²) in [6.07, 6.45) is 2.51. The zero-order valence-corrected chi connectivity index (χ0v) is 23.1. The number of para-hydroxylation sites is 1. The van der Waals surface area contributed by atoms with E-state index in [2.05, 4.69) is 22.3 Å². The maximum atomic E-state index is 13.6. The Labute approximate surface area is 236 Å². The molecule has 0 unspecified atom stereocenters. The molecule has 0 bridgehead atoms. The minimum Gasteiger partial charge on any atom is -0.457 e. The summed E-state index contributed by atoms with van der Waals surface area (Å²) in [6.45, 7) is 3.18. The molecule has 1 heterocycles. The van der Waals surface area contributed by atoms with Gasteiger partial charge in [0, 0.05) is 13.1 Å². The summed E-state index contributed by atoms with van der Waals surface area (Å²) in [6, 6.07) is 32.3. The first-order valence-electron chi connectivity index (χ1n) is 13.4. The molecule has 5 rings (SSSR count). The van der Waals surface area contributed by atoms with E-state index in [0.29, 0.717) is 23.7 Å². The van der Waals surface area contributed by atoms with Crippen molar-refractivity contribution in [1.29, 1.82) is 0 Å². The number of sulfonamides is 1. The second kappa shape index (κ2) is 12.8. The summed E-state index contributed by atoms with van der Waals surface area (Å²) in [5, 5.41) is 2.88. The standard InChI is InChI=1S/C32H33N3O4S/c36-32(33-23-26-13-15-27(16-14-26)24-34-21-7-8-22-34)25-35(40(37,38)31-11-5-2-6-12-31)28-17-19-30(20-18-28)39-29-9-3-1-4-10-29/h1-6,9-20H,7-8,21-25H2,(H,33,36). The van der Waals surface area contributed by atoms with E-state index in [4.69, 9.17) is 4.74 Å². The second-order valence-electron chi connectivity index (χ2n) is 9.81. The Bertz CT molecular complexity index is 1490. The van der Waals surface area contributed by atoms with Gasteiger partial charge >= 0.3 is 0 Å². The third kappa shape index (κ3) is 7.08. The number of carbonyl (C=O) groups is 1. The van der Waals surface area contributed by atoms with Crippen LogP contribution in [0.2, 0.25) is 0 Å². The molecule has 1 aliphatic rings. The first-order chi connectivity index (χ1) is 19.5. The zero-order chi connectivity index (χ0) is 27.8. The van der Waals surface area contributed by atoms with E-state index in [1.807, 2.05) is 42.5 Å². The molecular formula is C32H33N3O4S. The number of ether oxygens (including phenoxy) is 1. The molecule has 0 atom stereocenters. The number of rotatable bonds is 11. The number of anilines is 1. The SMILES string of the molecule is O=C(CN(c1ccc(Oc2ccccc2)cc1)S(=O)(=O)c1ccccc1)NCc1ccc(CN2CCCC2)cc1. The van der Waals surface area contributed by atoms with Gasteiger partial charge in [0.2, 0.25) is 5.91 Å². The molecule has 8 heteroatoms. The lowest BCUT2D eigenvalue weighted by atomic mass is 10.1. The highest BCUT2D eigenvalue weighted by atomic mass is 32.2. The van der Waals surface area contributed by atoms with Crippen molar-refractivity contribution in [3.63, 3.8) is 0 Å². The van der Waals surface area contributed by atoms with Crippen LogP contribution in [0.25, 0.3) is 0 Å². The summed E-state index contributed by atoms with van der Waals surface area (Å²) in [5.41, 5.74) is 2.57. The topological polar surface area (TPSA) is 78.9 Å². The van der Waals surface area contributed by atoms with Crippen molar-refractivity contribution in [2.45, 2.75) is 30.8 Å². The summed E-state index contributed by atoms with van der Waals surface area (Å²) in [7, 11) is -3.99. The van der Waals surface area contributed by atoms with Crippen molar-refractivity contribution in [3.8, 4) is 11.5 Å². The van der Waals surface area contributed by atoms with Crippen LogP contribution in [-0.4, -0.2) is 38.9 Å². The molecule has 0 saturated carbocycles. The van der Waals surface area contributed by atoms with Crippen LogP contribution in [0.1, 0.15) is 24.0 Å². The van der Waals surface area contributed by atoms with Crippen LogP contribution in [-0.2, 0) is 27.9 Å². The van der Waals surface area contributed by atoms with Crippen LogP contribution in [0.5, 0.6) is 11.5 Å². The molecule has 40 heavy (non-hydrogen) atoms. The van der Waals surface area contributed by atoms with Gasteiger partial charge in [-0.25, -0.2) is 8.42 Å². The van der Waals surface area contributed by atoms with Gasteiger partial charge in [0.25, 0.3) is 10.0 Å². The van der Waals surface area contributed by atoms with Crippen molar-refractivity contribution in [2.24, 2.45) is 0 Å². The van der Waals surface area contributed by atoms with Crippen molar-refractivity contribution < 1.29 is 17.9 Å². The predicted molar refractivity (Wildman–Crippen MR) is 157 cm³/mol. The van der Waals surface area contributed by atoms with E-state index >= 15 is 0 Å². The minimum atomic E-state index is -3.99. The fourth-order valence-corrected chi connectivity index (χ4v) is 6.13. The van der Waals surface area contributed by atoms with Gasteiger partial charge in [-0.1, -0.05) is 60.7 Å². The predicted octanol–water partition coefficient (Wildman–Crippen LogP) is 5.59. The van der Waals surface area contributed by atoms with Crippen molar-refractivity contribution in [1.82, 2.24) is 10.2 Å². The van der Waals surface area contributed by atoms with Gasteiger partial charge in [-0.05, 0) is 85.6 Å².